The molecular weight excluding hydrogens is 276 g/mol. The van der Waals surface area contributed by atoms with Crippen LogP contribution in [-0.4, -0.2) is 24.7 Å². The van der Waals surface area contributed by atoms with Crippen LogP contribution in [0.2, 0.25) is 0 Å². The zero-order chi connectivity index (χ0) is 13.7. The van der Waals surface area contributed by atoms with E-state index < -0.39 is 0 Å². The fourth-order valence-electron chi connectivity index (χ4n) is 2.03. The molecule has 0 aromatic carbocycles. The van der Waals surface area contributed by atoms with Crippen LogP contribution in [0.3, 0.4) is 0 Å². The summed E-state index contributed by atoms with van der Waals surface area (Å²) < 4.78 is 1.53. The molecule has 1 aliphatic rings. The minimum atomic E-state index is -0.101. The number of anilines is 1. The third-order valence-electron chi connectivity index (χ3n) is 3.15. The Bertz CT molecular complexity index is 866. The Morgan fingerprint density at radius 3 is 2.90 bits per heavy atom. The van der Waals surface area contributed by atoms with E-state index >= 15 is 0 Å². The second kappa shape index (κ2) is 4.07. The number of nitrogens with zero attached hydrogens (tertiary/aromatic N) is 5. The molecule has 20 heavy (non-hydrogen) atoms. The molecule has 0 unspecified atom stereocenters. The molecule has 0 radical (unpaired) electrons. The molecule has 3 aromatic rings. The highest BCUT2D eigenvalue weighted by molar-refractivity contribution is 7.21. The van der Waals surface area contributed by atoms with E-state index in [9.17, 15) is 4.79 Å². The van der Waals surface area contributed by atoms with Crippen LogP contribution in [0.15, 0.2) is 23.3 Å². The maximum absolute atomic E-state index is 12.0. The Morgan fingerprint density at radius 2 is 2.15 bits per heavy atom. The summed E-state index contributed by atoms with van der Waals surface area (Å²) in [7, 11) is 0. The van der Waals surface area contributed by atoms with E-state index in [1.165, 1.54) is 16.0 Å². The Labute approximate surface area is 117 Å². The summed E-state index contributed by atoms with van der Waals surface area (Å²) in [6.07, 6.45) is 5.29. The number of hydrogen-bond donors (Lipinski definition) is 1. The first-order chi connectivity index (χ1) is 9.70. The predicted molar refractivity (Wildman–Crippen MR) is 75.4 cm³/mol. The molecule has 0 amide bonds. The smallest absolute Gasteiger partial charge is 0.267 e. The standard InChI is InChI=1S/C12H10N6OS/c13-12-17-10-11(20-12)16-8(5-14-10)6-3-9(19)18(15-4-6)7-1-2-7/h3-5,7H,1-2H2,(H2,13,14,17). The molecule has 2 N–H and O–H groups in total. The Kier molecular flexibility index (Phi) is 2.34. The molecule has 1 saturated carbocycles. The van der Waals surface area contributed by atoms with Crippen molar-refractivity contribution >= 4 is 26.9 Å². The van der Waals surface area contributed by atoms with Crippen molar-refractivity contribution in [3.05, 3.63) is 28.8 Å². The topological polar surface area (TPSA) is 99.6 Å². The molecule has 3 aromatic heterocycles. The molecule has 4 rings (SSSR count). The van der Waals surface area contributed by atoms with Crippen molar-refractivity contribution in [3.63, 3.8) is 0 Å². The van der Waals surface area contributed by atoms with Crippen molar-refractivity contribution in [1.29, 1.82) is 0 Å². The second-order valence-corrected chi connectivity index (χ2v) is 5.70. The van der Waals surface area contributed by atoms with Crippen molar-refractivity contribution < 1.29 is 0 Å². The highest BCUT2D eigenvalue weighted by Gasteiger charge is 2.25. The van der Waals surface area contributed by atoms with E-state index in [2.05, 4.69) is 20.1 Å². The highest BCUT2D eigenvalue weighted by Crippen LogP contribution is 2.32. The Balaban J connectivity index is 1.81. The third-order valence-corrected chi connectivity index (χ3v) is 3.92. The summed E-state index contributed by atoms with van der Waals surface area (Å²) in [4.78, 5) is 25.3. The molecule has 1 aliphatic carbocycles. The fraction of sp³-hybridized carbons (Fsp3) is 0.250. The zero-order valence-corrected chi connectivity index (χ0v) is 11.2. The molecular formula is C12H10N6OS. The maximum atomic E-state index is 12.0. The first-order valence-corrected chi connectivity index (χ1v) is 7.00. The Morgan fingerprint density at radius 1 is 1.30 bits per heavy atom. The van der Waals surface area contributed by atoms with Gasteiger partial charge in [-0.1, -0.05) is 11.3 Å². The van der Waals surface area contributed by atoms with Gasteiger partial charge in [-0.2, -0.15) is 10.1 Å². The number of fused-ring (bicyclic) bond motifs is 1. The van der Waals surface area contributed by atoms with Crippen molar-refractivity contribution in [2.45, 2.75) is 18.9 Å². The average molecular weight is 286 g/mol. The lowest BCUT2D eigenvalue weighted by Crippen LogP contribution is -2.20. The van der Waals surface area contributed by atoms with E-state index in [1.54, 1.807) is 18.5 Å². The zero-order valence-electron chi connectivity index (χ0n) is 10.4. The van der Waals surface area contributed by atoms with Crippen LogP contribution in [0.5, 0.6) is 0 Å². The molecule has 100 valence electrons. The normalized spacial score (nSPS) is 14.8. The summed E-state index contributed by atoms with van der Waals surface area (Å²) in [5, 5.41) is 4.63. The molecule has 0 aliphatic heterocycles. The highest BCUT2D eigenvalue weighted by atomic mass is 32.1. The lowest BCUT2D eigenvalue weighted by atomic mass is 10.2. The van der Waals surface area contributed by atoms with Crippen LogP contribution in [0.1, 0.15) is 18.9 Å². The average Bonchev–Trinajstić information content (AvgIpc) is 3.19. The van der Waals surface area contributed by atoms with Crippen LogP contribution in [0.4, 0.5) is 5.13 Å². The van der Waals surface area contributed by atoms with Gasteiger partial charge in [0.15, 0.2) is 15.6 Å². The maximum Gasteiger partial charge on any atom is 0.267 e. The molecule has 3 heterocycles. The third kappa shape index (κ3) is 1.85. The van der Waals surface area contributed by atoms with Crippen molar-refractivity contribution in [1.82, 2.24) is 24.7 Å². The monoisotopic (exact) mass is 286 g/mol. The van der Waals surface area contributed by atoms with Crippen LogP contribution < -0.4 is 11.3 Å². The Hall–Kier alpha value is -2.35. The van der Waals surface area contributed by atoms with Crippen LogP contribution in [-0.2, 0) is 0 Å². The van der Waals surface area contributed by atoms with Gasteiger partial charge < -0.3 is 5.73 Å². The van der Waals surface area contributed by atoms with Crippen molar-refractivity contribution in [2.24, 2.45) is 0 Å². The lowest BCUT2D eigenvalue weighted by Gasteiger charge is -2.03. The van der Waals surface area contributed by atoms with Gasteiger partial charge in [0, 0.05) is 11.6 Å². The van der Waals surface area contributed by atoms with Crippen LogP contribution in [0, 0.1) is 0 Å². The van der Waals surface area contributed by atoms with Crippen molar-refractivity contribution in [3.8, 4) is 11.3 Å². The lowest BCUT2D eigenvalue weighted by molar-refractivity contribution is 0.599. The van der Waals surface area contributed by atoms with Gasteiger partial charge in [0.1, 0.15) is 0 Å². The van der Waals surface area contributed by atoms with Gasteiger partial charge in [0.05, 0.1) is 24.1 Å². The molecule has 8 heteroatoms. The van der Waals surface area contributed by atoms with E-state index in [0.29, 0.717) is 26.9 Å². The van der Waals surface area contributed by atoms with Crippen LogP contribution >= 0.6 is 11.3 Å². The molecule has 1 fully saturated rings. The van der Waals surface area contributed by atoms with Crippen LogP contribution in [0.25, 0.3) is 21.7 Å². The molecule has 0 bridgehead atoms. The van der Waals surface area contributed by atoms with E-state index in [-0.39, 0.29) is 11.6 Å². The molecule has 0 spiro atoms. The van der Waals surface area contributed by atoms with E-state index in [4.69, 9.17) is 5.73 Å². The number of nitrogen functional groups attached to an aromatic ring is 1. The van der Waals surface area contributed by atoms with Gasteiger partial charge in [-0.15, -0.1) is 0 Å². The number of thiazole rings is 1. The first kappa shape index (κ1) is 11.5. The largest absolute Gasteiger partial charge is 0.375 e. The molecule has 7 nitrogen and oxygen atoms in total. The van der Waals surface area contributed by atoms with Crippen molar-refractivity contribution in [2.75, 3.05) is 5.73 Å². The summed E-state index contributed by atoms with van der Waals surface area (Å²) in [6.45, 7) is 0. The quantitative estimate of drug-likeness (QED) is 0.760. The molecule has 0 atom stereocenters. The fourth-order valence-corrected chi connectivity index (χ4v) is 2.69. The summed E-state index contributed by atoms with van der Waals surface area (Å²) >= 11 is 1.27. The second-order valence-electron chi connectivity index (χ2n) is 4.69. The summed E-state index contributed by atoms with van der Waals surface area (Å²) in [5.41, 5.74) is 7.31. The SMILES string of the molecule is Nc1nc2ncc(-c3cnn(C4CC4)c(=O)c3)nc2s1. The molecule has 0 saturated heterocycles. The predicted octanol–water partition coefficient (Wildman–Crippen LogP) is 1.23. The number of hydrogen-bond acceptors (Lipinski definition) is 7. The van der Waals surface area contributed by atoms with E-state index in [1.807, 2.05) is 0 Å². The van der Waals surface area contributed by atoms with Gasteiger partial charge in [0.25, 0.3) is 5.56 Å². The minimum Gasteiger partial charge on any atom is -0.375 e. The summed E-state index contributed by atoms with van der Waals surface area (Å²) in [6, 6.07) is 1.82. The van der Waals surface area contributed by atoms with Gasteiger partial charge >= 0.3 is 0 Å². The van der Waals surface area contributed by atoms with Gasteiger partial charge in [-0.25, -0.2) is 14.6 Å². The number of rotatable bonds is 2. The number of nitrogens with two attached hydrogens (primary N) is 1. The van der Waals surface area contributed by atoms with Gasteiger partial charge in [-0.05, 0) is 12.8 Å². The van der Waals surface area contributed by atoms with Gasteiger partial charge in [-0.3, -0.25) is 4.79 Å². The number of aromatic nitrogens is 5. The summed E-state index contributed by atoms with van der Waals surface area (Å²) in [5.74, 6) is 0. The minimum absolute atomic E-state index is 0.101. The van der Waals surface area contributed by atoms with E-state index in [0.717, 1.165) is 12.8 Å². The first-order valence-electron chi connectivity index (χ1n) is 6.19. The van der Waals surface area contributed by atoms with Gasteiger partial charge in [0.2, 0.25) is 0 Å².